The van der Waals surface area contributed by atoms with Crippen molar-refractivity contribution in [2.24, 2.45) is 0 Å². The molecule has 0 aromatic heterocycles. The van der Waals surface area contributed by atoms with E-state index >= 15 is 0 Å². The summed E-state index contributed by atoms with van der Waals surface area (Å²) in [7, 11) is -3.74. The Kier molecular flexibility index (Phi) is 5.32. The van der Waals surface area contributed by atoms with Gasteiger partial charge in [0.2, 0.25) is 0 Å². The predicted molar refractivity (Wildman–Crippen MR) is 104 cm³/mol. The Morgan fingerprint density at radius 3 is 2.23 bits per heavy atom. The maximum atomic E-state index is 12.8. The summed E-state index contributed by atoms with van der Waals surface area (Å²) in [5.41, 5.74) is 0.510. The monoisotopic (exact) mass is 371 g/mol. The zero-order valence-corrected chi connectivity index (χ0v) is 15.5. The Hall–Kier alpha value is -2.73. The van der Waals surface area contributed by atoms with Gasteiger partial charge in [0, 0.05) is 11.8 Å². The van der Waals surface area contributed by atoms with Crippen molar-refractivity contribution in [3.8, 4) is 11.5 Å². The first-order valence-corrected chi connectivity index (χ1v) is 9.93. The highest BCUT2D eigenvalue weighted by Crippen LogP contribution is 2.31. The van der Waals surface area contributed by atoms with Crippen LogP contribution in [-0.2, 0) is 10.0 Å². The van der Waals surface area contributed by atoms with Crippen LogP contribution in [0.1, 0.15) is 13.8 Å². The van der Waals surface area contributed by atoms with Crippen molar-refractivity contribution in [1.29, 1.82) is 0 Å². The fourth-order valence-electron chi connectivity index (χ4n) is 2.67. The number of rotatable bonds is 7. The minimum atomic E-state index is -3.74. The van der Waals surface area contributed by atoms with Gasteiger partial charge >= 0.3 is 0 Å². The third-order valence-electron chi connectivity index (χ3n) is 3.83. The van der Waals surface area contributed by atoms with Crippen LogP contribution < -0.4 is 14.2 Å². The average molecular weight is 371 g/mol. The molecule has 0 saturated heterocycles. The molecule has 5 nitrogen and oxygen atoms in total. The van der Waals surface area contributed by atoms with E-state index < -0.39 is 10.0 Å². The van der Waals surface area contributed by atoms with Crippen molar-refractivity contribution in [3.63, 3.8) is 0 Å². The molecule has 0 aliphatic carbocycles. The standard InChI is InChI=1S/C20H21NO4S/c1-3-24-19-12-11-18(14-20(19)25-4-2)26(22,23)21-17-10-9-15-7-5-6-8-16(15)13-17/h5-14,21H,3-4H2,1-2H3. The van der Waals surface area contributed by atoms with E-state index in [0.717, 1.165) is 10.8 Å². The van der Waals surface area contributed by atoms with E-state index in [9.17, 15) is 8.42 Å². The zero-order valence-electron chi connectivity index (χ0n) is 14.7. The maximum absolute atomic E-state index is 12.8. The van der Waals surface area contributed by atoms with Crippen LogP contribution in [-0.4, -0.2) is 21.6 Å². The quantitative estimate of drug-likeness (QED) is 0.667. The van der Waals surface area contributed by atoms with Crippen LogP contribution in [0.2, 0.25) is 0 Å². The zero-order chi connectivity index (χ0) is 18.6. The summed E-state index contributed by atoms with van der Waals surface area (Å²) in [6, 6.07) is 17.8. The van der Waals surface area contributed by atoms with Crippen molar-refractivity contribution >= 4 is 26.5 Å². The van der Waals surface area contributed by atoms with Gasteiger partial charge in [0.25, 0.3) is 10.0 Å². The summed E-state index contributed by atoms with van der Waals surface area (Å²) in [5.74, 6) is 0.940. The van der Waals surface area contributed by atoms with Crippen molar-refractivity contribution in [1.82, 2.24) is 0 Å². The first-order chi connectivity index (χ1) is 12.5. The first kappa shape index (κ1) is 18.1. The van der Waals surface area contributed by atoms with Gasteiger partial charge in [0.1, 0.15) is 0 Å². The molecule has 0 radical (unpaired) electrons. The molecule has 1 N–H and O–H groups in total. The van der Waals surface area contributed by atoms with E-state index in [-0.39, 0.29) is 4.90 Å². The van der Waals surface area contributed by atoms with Gasteiger partial charge < -0.3 is 9.47 Å². The molecule has 26 heavy (non-hydrogen) atoms. The molecule has 6 heteroatoms. The van der Waals surface area contributed by atoms with Crippen LogP contribution >= 0.6 is 0 Å². The number of hydrogen-bond donors (Lipinski definition) is 1. The lowest BCUT2D eigenvalue weighted by Gasteiger charge is -2.14. The molecule has 3 aromatic carbocycles. The third-order valence-corrected chi connectivity index (χ3v) is 5.21. The van der Waals surface area contributed by atoms with Gasteiger partial charge in [-0.2, -0.15) is 0 Å². The van der Waals surface area contributed by atoms with E-state index in [1.807, 2.05) is 50.2 Å². The molecule has 0 unspecified atom stereocenters. The van der Waals surface area contributed by atoms with Gasteiger partial charge in [-0.05, 0) is 48.9 Å². The average Bonchev–Trinajstić information content (AvgIpc) is 2.63. The van der Waals surface area contributed by atoms with Gasteiger partial charge in [-0.25, -0.2) is 8.42 Å². The van der Waals surface area contributed by atoms with Gasteiger partial charge in [0.05, 0.1) is 18.1 Å². The maximum Gasteiger partial charge on any atom is 0.262 e. The fourth-order valence-corrected chi connectivity index (χ4v) is 3.73. The summed E-state index contributed by atoms with van der Waals surface area (Å²) in [6.07, 6.45) is 0. The second-order valence-corrected chi connectivity index (χ2v) is 7.32. The van der Waals surface area contributed by atoms with Crippen LogP contribution in [0.15, 0.2) is 65.6 Å². The van der Waals surface area contributed by atoms with E-state index in [1.54, 1.807) is 12.1 Å². The molecule has 0 atom stereocenters. The molecule has 0 saturated carbocycles. The largest absolute Gasteiger partial charge is 0.490 e. The van der Waals surface area contributed by atoms with E-state index in [1.165, 1.54) is 12.1 Å². The number of nitrogens with one attached hydrogen (secondary N) is 1. The molecule has 0 spiro atoms. The molecule has 3 aromatic rings. The van der Waals surface area contributed by atoms with E-state index in [4.69, 9.17) is 9.47 Å². The Balaban J connectivity index is 1.92. The molecule has 0 fully saturated rings. The summed E-state index contributed by atoms with van der Waals surface area (Å²) >= 11 is 0. The highest BCUT2D eigenvalue weighted by atomic mass is 32.2. The summed E-state index contributed by atoms with van der Waals surface area (Å²) in [6.45, 7) is 4.59. The molecule has 0 heterocycles. The Labute approximate surface area is 153 Å². The SMILES string of the molecule is CCOc1ccc(S(=O)(=O)Nc2ccc3ccccc3c2)cc1OCC. The van der Waals surface area contributed by atoms with Crippen LogP contribution in [0.5, 0.6) is 11.5 Å². The van der Waals surface area contributed by atoms with Crippen LogP contribution in [0.3, 0.4) is 0 Å². The molecule has 0 aliphatic heterocycles. The van der Waals surface area contributed by atoms with Gasteiger partial charge in [0.15, 0.2) is 11.5 Å². The minimum Gasteiger partial charge on any atom is -0.490 e. The summed E-state index contributed by atoms with van der Waals surface area (Å²) < 4.78 is 39.1. The smallest absolute Gasteiger partial charge is 0.262 e. The Morgan fingerprint density at radius 2 is 1.50 bits per heavy atom. The molecular weight excluding hydrogens is 350 g/mol. The molecule has 3 rings (SSSR count). The van der Waals surface area contributed by atoms with Crippen LogP contribution in [0, 0.1) is 0 Å². The third kappa shape index (κ3) is 3.91. The normalized spacial score (nSPS) is 11.3. The van der Waals surface area contributed by atoms with Crippen LogP contribution in [0.4, 0.5) is 5.69 Å². The number of benzene rings is 3. The number of hydrogen-bond acceptors (Lipinski definition) is 4. The molecule has 0 amide bonds. The highest BCUT2D eigenvalue weighted by Gasteiger charge is 2.17. The summed E-state index contributed by atoms with van der Waals surface area (Å²) in [5, 5.41) is 2.02. The van der Waals surface area contributed by atoms with Crippen molar-refractivity contribution < 1.29 is 17.9 Å². The van der Waals surface area contributed by atoms with Crippen molar-refractivity contribution in [2.45, 2.75) is 18.7 Å². The predicted octanol–water partition coefficient (Wildman–Crippen LogP) is 4.44. The lowest BCUT2D eigenvalue weighted by atomic mass is 10.1. The van der Waals surface area contributed by atoms with E-state index in [0.29, 0.717) is 30.4 Å². The lowest BCUT2D eigenvalue weighted by Crippen LogP contribution is -2.13. The number of ether oxygens (including phenoxy) is 2. The molecule has 0 bridgehead atoms. The molecule has 0 aliphatic rings. The van der Waals surface area contributed by atoms with E-state index in [2.05, 4.69) is 4.72 Å². The van der Waals surface area contributed by atoms with Crippen molar-refractivity contribution in [3.05, 3.63) is 60.7 Å². The topological polar surface area (TPSA) is 64.6 Å². The molecular formula is C20H21NO4S. The second kappa shape index (κ2) is 7.66. The lowest BCUT2D eigenvalue weighted by molar-refractivity contribution is 0.287. The first-order valence-electron chi connectivity index (χ1n) is 8.44. The number of anilines is 1. The number of fused-ring (bicyclic) bond motifs is 1. The van der Waals surface area contributed by atoms with Crippen LogP contribution in [0.25, 0.3) is 10.8 Å². The minimum absolute atomic E-state index is 0.123. The van der Waals surface area contributed by atoms with Crippen molar-refractivity contribution in [2.75, 3.05) is 17.9 Å². The fraction of sp³-hybridized carbons (Fsp3) is 0.200. The highest BCUT2D eigenvalue weighted by molar-refractivity contribution is 7.92. The summed E-state index contributed by atoms with van der Waals surface area (Å²) in [4.78, 5) is 0.123. The number of sulfonamides is 1. The Bertz CT molecular complexity index is 1020. The van der Waals surface area contributed by atoms with Gasteiger partial charge in [-0.3, -0.25) is 4.72 Å². The Morgan fingerprint density at radius 1 is 0.808 bits per heavy atom. The molecule has 136 valence electrons. The van der Waals surface area contributed by atoms with Gasteiger partial charge in [-0.15, -0.1) is 0 Å². The second-order valence-electron chi connectivity index (χ2n) is 5.64. The van der Waals surface area contributed by atoms with Gasteiger partial charge in [-0.1, -0.05) is 30.3 Å².